The van der Waals surface area contributed by atoms with Gasteiger partial charge in [-0.05, 0) is 61.2 Å². The molecule has 0 heterocycles. The molecule has 158 valence electrons. The zero-order valence-corrected chi connectivity index (χ0v) is 19.9. The molecule has 0 atom stereocenters. The summed E-state index contributed by atoms with van der Waals surface area (Å²) in [6.45, 7) is 6.05. The summed E-state index contributed by atoms with van der Waals surface area (Å²) in [6.07, 6.45) is 0.796. The van der Waals surface area contributed by atoms with Gasteiger partial charge in [-0.15, -0.1) is 24.0 Å². The van der Waals surface area contributed by atoms with Gasteiger partial charge >= 0.3 is 0 Å². The Morgan fingerprint density at radius 1 is 1.03 bits per heavy atom. The third-order valence-corrected chi connectivity index (χ3v) is 4.20. The Kier molecular flexibility index (Phi) is 11.1. The second kappa shape index (κ2) is 13.0. The van der Waals surface area contributed by atoms with E-state index in [0.717, 1.165) is 30.2 Å². The van der Waals surface area contributed by atoms with Crippen molar-refractivity contribution in [2.45, 2.75) is 20.3 Å². The van der Waals surface area contributed by atoms with E-state index < -0.39 is 0 Å². The van der Waals surface area contributed by atoms with Crippen LogP contribution >= 0.6 is 24.0 Å². The Bertz CT molecular complexity index is 804. The second-order valence-electron chi connectivity index (χ2n) is 6.63. The summed E-state index contributed by atoms with van der Waals surface area (Å²) < 4.78 is 5.80. The van der Waals surface area contributed by atoms with E-state index in [1.54, 1.807) is 14.1 Å². The number of hydrogen-bond acceptors (Lipinski definition) is 3. The lowest BCUT2D eigenvalue weighted by molar-refractivity contribution is 0.0963. The molecule has 0 unspecified atom stereocenters. The number of halogens is 1. The van der Waals surface area contributed by atoms with Crippen molar-refractivity contribution in [3.8, 4) is 5.75 Å². The third kappa shape index (κ3) is 8.72. The van der Waals surface area contributed by atoms with Crippen LogP contribution in [0.3, 0.4) is 0 Å². The predicted octanol–water partition coefficient (Wildman–Crippen LogP) is 3.07. The van der Waals surface area contributed by atoms with Gasteiger partial charge in [-0.2, -0.15) is 0 Å². The summed E-state index contributed by atoms with van der Waals surface area (Å²) in [5.41, 5.74) is 4.16. The van der Waals surface area contributed by atoms with E-state index in [0.29, 0.717) is 18.7 Å². The summed E-state index contributed by atoms with van der Waals surface area (Å²) in [6, 6.07) is 13.8. The van der Waals surface area contributed by atoms with Crippen LogP contribution in [-0.2, 0) is 6.42 Å². The van der Waals surface area contributed by atoms with E-state index in [1.807, 2.05) is 36.4 Å². The topological polar surface area (TPSA) is 74.8 Å². The van der Waals surface area contributed by atoms with Crippen LogP contribution in [0, 0.1) is 13.8 Å². The largest absolute Gasteiger partial charge is 0.492 e. The molecule has 1 amide bonds. The number of hydrogen-bond donors (Lipinski definition) is 3. The lowest BCUT2D eigenvalue weighted by Gasteiger charge is -2.13. The molecular formula is C22H31IN4O2. The molecule has 0 aliphatic carbocycles. The summed E-state index contributed by atoms with van der Waals surface area (Å²) in [7, 11) is 3.38. The highest BCUT2D eigenvalue weighted by molar-refractivity contribution is 14.0. The monoisotopic (exact) mass is 510 g/mol. The first-order chi connectivity index (χ1) is 13.5. The minimum atomic E-state index is -0.0731. The molecule has 0 saturated heterocycles. The molecule has 0 fully saturated rings. The molecule has 6 nitrogen and oxygen atoms in total. The molecule has 0 aliphatic heterocycles. The number of guanidine groups is 1. The first-order valence-corrected chi connectivity index (χ1v) is 9.48. The normalized spacial score (nSPS) is 10.7. The van der Waals surface area contributed by atoms with E-state index in [2.05, 4.69) is 40.9 Å². The number of rotatable bonds is 8. The van der Waals surface area contributed by atoms with E-state index in [-0.39, 0.29) is 29.9 Å². The van der Waals surface area contributed by atoms with Crippen molar-refractivity contribution in [2.75, 3.05) is 33.8 Å². The fourth-order valence-electron chi connectivity index (χ4n) is 2.91. The van der Waals surface area contributed by atoms with Crippen LogP contribution in [-0.4, -0.2) is 45.7 Å². The van der Waals surface area contributed by atoms with Gasteiger partial charge in [0.2, 0.25) is 0 Å². The highest BCUT2D eigenvalue weighted by Gasteiger charge is 2.04. The number of aliphatic imine (C=N–C) groups is 1. The molecule has 0 aliphatic rings. The molecule has 0 aromatic heterocycles. The average Bonchev–Trinajstić information content (AvgIpc) is 2.68. The Hall–Kier alpha value is -2.29. The zero-order chi connectivity index (χ0) is 20.4. The Balaban J connectivity index is 0.00000420. The number of amides is 1. The van der Waals surface area contributed by atoms with Crippen LogP contribution in [0.4, 0.5) is 0 Å². The number of aryl methyl sites for hydroxylation is 2. The fraction of sp³-hybridized carbons (Fsp3) is 0.364. The minimum Gasteiger partial charge on any atom is -0.492 e. The minimum absolute atomic E-state index is 0. The van der Waals surface area contributed by atoms with E-state index in [9.17, 15) is 4.79 Å². The van der Waals surface area contributed by atoms with Crippen LogP contribution in [0.1, 0.15) is 27.0 Å². The van der Waals surface area contributed by atoms with E-state index >= 15 is 0 Å². The molecule has 0 bridgehead atoms. The highest BCUT2D eigenvalue weighted by atomic mass is 127. The van der Waals surface area contributed by atoms with Crippen LogP contribution in [0.25, 0.3) is 0 Å². The van der Waals surface area contributed by atoms with Gasteiger partial charge in [-0.25, -0.2) is 0 Å². The number of nitrogens with zero attached hydrogens (tertiary/aromatic N) is 1. The zero-order valence-electron chi connectivity index (χ0n) is 17.5. The lowest BCUT2D eigenvalue weighted by atomic mass is 10.1. The maximum Gasteiger partial charge on any atom is 0.251 e. The van der Waals surface area contributed by atoms with Crippen LogP contribution in [0.15, 0.2) is 47.5 Å². The van der Waals surface area contributed by atoms with Crippen LogP contribution in [0.5, 0.6) is 5.75 Å². The molecule has 2 aromatic rings. The second-order valence-corrected chi connectivity index (χ2v) is 6.63. The van der Waals surface area contributed by atoms with Crippen molar-refractivity contribution < 1.29 is 9.53 Å². The Morgan fingerprint density at radius 3 is 2.38 bits per heavy atom. The SMILES string of the molecule is CN=C(NCCOc1cc(C)cc(C)c1)NCCc1cccc(C(=O)NC)c1.I. The van der Waals surface area contributed by atoms with Gasteiger partial charge in [-0.1, -0.05) is 18.2 Å². The number of nitrogens with one attached hydrogen (secondary N) is 3. The highest BCUT2D eigenvalue weighted by Crippen LogP contribution is 2.15. The van der Waals surface area contributed by atoms with Gasteiger partial charge in [0, 0.05) is 26.2 Å². The standard InChI is InChI=1S/C22H30N4O2.HI/c1-16-12-17(2)14-20(13-16)28-11-10-26-22(24-4)25-9-8-18-6-5-7-19(15-18)21(27)23-3;/h5-7,12-15H,8-11H2,1-4H3,(H,23,27)(H2,24,25,26);1H. The smallest absolute Gasteiger partial charge is 0.251 e. The molecule has 7 heteroatoms. The maximum absolute atomic E-state index is 11.7. The van der Waals surface area contributed by atoms with Crippen molar-refractivity contribution in [2.24, 2.45) is 4.99 Å². The van der Waals surface area contributed by atoms with E-state index in [1.165, 1.54) is 11.1 Å². The van der Waals surface area contributed by atoms with Gasteiger partial charge in [-0.3, -0.25) is 9.79 Å². The summed E-state index contributed by atoms with van der Waals surface area (Å²) in [5.74, 6) is 1.54. The maximum atomic E-state index is 11.7. The van der Waals surface area contributed by atoms with Crippen molar-refractivity contribution >= 4 is 35.8 Å². The molecule has 29 heavy (non-hydrogen) atoms. The first kappa shape index (κ1) is 24.7. The van der Waals surface area contributed by atoms with Crippen LogP contribution in [0.2, 0.25) is 0 Å². The molecule has 0 spiro atoms. The number of carbonyl (C=O) groups is 1. The molecular weight excluding hydrogens is 479 g/mol. The van der Waals surface area contributed by atoms with Gasteiger partial charge in [0.1, 0.15) is 12.4 Å². The summed E-state index contributed by atoms with van der Waals surface area (Å²) in [5, 5.41) is 9.17. The number of benzene rings is 2. The first-order valence-electron chi connectivity index (χ1n) is 9.48. The van der Waals surface area contributed by atoms with E-state index in [4.69, 9.17) is 4.74 Å². The van der Waals surface area contributed by atoms with Gasteiger partial charge in [0.25, 0.3) is 5.91 Å². The van der Waals surface area contributed by atoms with Crippen molar-refractivity contribution in [3.05, 3.63) is 64.7 Å². The van der Waals surface area contributed by atoms with Crippen LogP contribution < -0.4 is 20.7 Å². The molecule has 3 N–H and O–H groups in total. The number of ether oxygens (including phenoxy) is 1. The quantitative estimate of drug-likeness (QED) is 0.221. The summed E-state index contributed by atoms with van der Waals surface area (Å²) >= 11 is 0. The van der Waals surface area contributed by atoms with Gasteiger partial charge in [0.15, 0.2) is 5.96 Å². The van der Waals surface area contributed by atoms with Gasteiger partial charge in [0.05, 0.1) is 6.54 Å². The third-order valence-electron chi connectivity index (χ3n) is 4.20. The van der Waals surface area contributed by atoms with Crippen molar-refractivity contribution in [3.63, 3.8) is 0 Å². The summed E-state index contributed by atoms with van der Waals surface area (Å²) in [4.78, 5) is 15.9. The fourth-order valence-corrected chi connectivity index (χ4v) is 2.91. The number of carbonyl (C=O) groups excluding carboxylic acids is 1. The van der Waals surface area contributed by atoms with Crippen molar-refractivity contribution in [1.29, 1.82) is 0 Å². The Morgan fingerprint density at radius 2 is 1.72 bits per heavy atom. The predicted molar refractivity (Wildman–Crippen MR) is 130 cm³/mol. The molecule has 0 saturated carbocycles. The van der Waals surface area contributed by atoms with Crippen molar-refractivity contribution in [1.82, 2.24) is 16.0 Å². The Labute approximate surface area is 190 Å². The molecule has 2 rings (SSSR count). The lowest BCUT2D eigenvalue weighted by Crippen LogP contribution is -2.40. The molecule has 2 aromatic carbocycles. The average molecular weight is 510 g/mol. The van der Waals surface area contributed by atoms with Gasteiger partial charge < -0.3 is 20.7 Å². The molecule has 0 radical (unpaired) electrons.